The van der Waals surface area contributed by atoms with E-state index in [9.17, 15) is 4.79 Å². The first-order valence-corrected chi connectivity index (χ1v) is 7.12. The fourth-order valence-electron chi connectivity index (χ4n) is 2.05. The van der Waals surface area contributed by atoms with Gasteiger partial charge in [-0.05, 0) is 24.6 Å². The molecule has 21 heavy (non-hydrogen) atoms. The van der Waals surface area contributed by atoms with Gasteiger partial charge in [0.1, 0.15) is 0 Å². The highest BCUT2D eigenvalue weighted by molar-refractivity contribution is 5.78. The second kappa shape index (κ2) is 6.92. The van der Waals surface area contributed by atoms with Crippen molar-refractivity contribution in [1.82, 2.24) is 14.5 Å². The fourth-order valence-corrected chi connectivity index (χ4v) is 2.05. The monoisotopic (exact) mass is 286 g/mol. The van der Waals surface area contributed by atoms with E-state index >= 15 is 0 Å². The number of nitrogens with zero attached hydrogens (tertiary/aromatic N) is 3. The Morgan fingerprint density at radius 2 is 2.00 bits per heavy atom. The smallest absolute Gasteiger partial charge is 0.226 e. The van der Waals surface area contributed by atoms with Gasteiger partial charge in [0.05, 0.1) is 25.0 Å². The number of imidazole rings is 1. The van der Waals surface area contributed by atoms with Gasteiger partial charge >= 0.3 is 0 Å². The van der Waals surface area contributed by atoms with E-state index in [1.807, 2.05) is 36.8 Å². The van der Waals surface area contributed by atoms with Crippen LogP contribution >= 0.6 is 0 Å². The Morgan fingerprint density at radius 3 is 2.62 bits per heavy atom. The first kappa shape index (κ1) is 15.1. The SMILES string of the molecule is CCn1cncc1CNc1ccc(CC(=O)N(C)C)cc1. The minimum Gasteiger partial charge on any atom is -0.379 e. The van der Waals surface area contributed by atoms with Gasteiger partial charge in [0.25, 0.3) is 0 Å². The highest BCUT2D eigenvalue weighted by Crippen LogP contribution is 2.12. The van der Waals surface area contributed by atoms with Crippen LogP contribution in [0.15, 0.2) is 36.8 Å². The second-order valence-corrected chi connectivity index (χ2v) is 5.19. The summed E-state index contributed by atoms with van der Waals surface area (Å²) in [6.07, 6.45) is 4.16. The van der Waals surface area contributed by atoms with E-state index in [1.165, 1.54) is 0 Å². The number of aryl methyl sites for hydroxylation is 1. The van der Waals surface area contributed by atoms with Gasteiger partial charge < -0.3 is 14.8 Å². The number of likely N-dealkylation sites (N-methyl/N-ethyl adjacent to an activating group) is 1. The predicted octanol–water partition coefficient (Wildman–Crippen LogP) is 2.15. The average molecular weight is 286 g/mol. The summed E-state index contributed by atoms with van der Waals surface area (Å²) in [5.41, 5.74) is 3.22. The maximum absolute atomic E-state index is 11.6. The van der Waals surface area contributed by atoms with E-state index < -0.39 is 0 Å². The zero-order valence-corrected chi connectivity index (χ0v) is 12.8. The van der Waals surface area contributed by atoms with Crippen molar-refractivity contribution in [2.45, 2.75) is 26.4 Å². The third-order valence-electron chi connectivity index (χ3n) is 3.42. The number of amides is 1. The molecular formula is C16H22N4O. The highest BCUT2D eigenvalue weighted by atomic mass is 16.2. The van der Waals surface area contributed by atoms with Crippen molar-refractivity contribution in [3.8, 4) is 0 Å². The number of hydrogen-bond acceptors (Lipinski definition) is 3. The molecule has 0 fully saturated rings. The Kier molecular flexibility index (Phi) is 4.98. The molecule has 5 nitrogen and oxygen atoms in total. The van der Waals surface area contributed by atoms with Crippen LogP contribution in [0.2, 0.25) is 0 Å². The second-order valence-electron chi connectivity index (χ2n) is 5.19. The van der Waals surface area contributed by atoms with E-state index in [0.717, 1.165) is 30.0 Å². The molecule has 0 aliphatic heterocycles. The number of hydrogen-bond donors (Lipinski definition) is 1. The molecule has 0 radical (unpaired) electrons. The van der Waals surface area contributed by atoms with Crippen molar-refractivity contribution < 1.29 is 4.79 Å². The third-order valence-corrected chi connectivity index (χ3v) is 3.42. The summed E-state index contributed by atoms with van der Waals surface area (Å²) in [7, 11) is 3.55. The van der Waals surface area contributed by atoms with Crippen LogP contribution in [0, 0.1) is 0 Å². The standard InChI is InChI=1S/C16H22N4O/c1-4-20-12-17-10-15(20)11-18-14-7-5-13(6-8-14)9-16(21)19(2)3/h5-8,10,12,18H,4,9,11H2,1-3H3. The van der Waals surface area contributed by atoms with Gasteiger partial charge in [0.15, 0.2) is 0 Å². The lowest BCUT2D eigenvalue weighted by Crippen LogP contribution is -2.23. The molecule has 0 spiro atoms. The number of benzene rings is 1. The van der Waals surface area contributed by atoms with Crippen LogP contribution in [0.3, 0.4) is 0 Å². The molecule has 5 heteroatoms. The van der Waals surface area contributed by atoms with Crippen LogP contribution in [-0.4, -0.2) is 34.5 Å². The van der Waals surface area contributed by atoms with Crippen LogP contribution in [0.25, 0.3) is 0 Å². The van der Waals surface area contributed by atoms with Crippen molar-refractivity contribution in [1.29, 1.82) is 0 Å². The zero-order valence-electron chi connectivity index (χ0n) is 12.8. The molecule has 1 N–H and O–H groups in total. The first-order valence-electron chi connectivity index (χ1n) is 7.12. The van der Waals surface area contributed by atoms with Crippen LogP contribution in [0.4, 0.5) is 5.69 Å². The molecule has 2 aromatic rings. The molecule has 0 bridgehead atoms. The molecule has 0 saturated heterocycles. The lowest BCUT2D eigenvalue weighted by Gasteiger charge is -2.11. The summed E-state index contributed by atoms with van der Waals surface area (Å²) >= 11 is 0. The van der Waals surface area contributed by atoms with Crippen molar-refractivity contribution in [3.05, 3.63) is 48.0 Å². The Morgan fingerprint density at radius 1 is 1.29 bits per heavy atom. The van der Waals surface area contributed by atoms with Gasteiger partial charge in [0.2, 0.25) is 5.91 Å². The minimum absolute atomic E-state index is 0.113. The van der Waals surface area contributed by atoms with Crippen molar-refractivity contribution >= 4 is 11.6 Å². The molecule has 1 amide bonds. The summed E-state index contributed by atoms with van der Waals surface area (Å²) in [6, 6.07) is 7.98. The molecule has 1 aromatic carbocycles. The molecule has 1 heterocycles. The van der Waals surface area contributed by atoms with Crippen LogP contribution < -0.4 is 5.32 Å². The molecule has 0 unspecified atom stereocenters. The van der Waals surface area contributed by atoms with Crippen molar-refractivity contribution in [2.75, 3.05) is 19.4 Å². The van der Waals surface area contributed by atoms with Gasteiger partial charge in [-0.2, -0.15) is 0 Å². The average Bonchev–Trinajstić information content (AvgIpc) is 2.94. The number of carbonyl (C=O) groups excluding carboxylic acids is 1. The zero-order chi connectivity index (χ0) is 15.2. The summed E-state index contributed by atoms with van der Waals surface area (Å²) in [4.78, 5) is 17.4. The highest BCUT2D eigenvalue weighted by Gasteiger charge is 2.05. The van der Waals surface area contributed by atoms with E-state index in [-0.39, 0.29) is 5.91 Å². The number of rotatable bonds is 6. The van der Waals surface area contributed by atoms with E-state index in [1.54, 1.807) is 19.0 Å². The van der Waals surface area contributed by atoms with Crippen LogP contribution in [0.5, 0.6) is 0 Å². The number of aromatic nitrogens is 2. The summed E-state index contributed by atoms with van der Waals surface area (Å²) in [6.45, 7) is 3.76. The van der Waals surface area contributed by atoms with Gasteiger partial charge in [-0.15, -0.1) is 0 Å². The maximum Gasteiger partial charge on any atom is 0.226 e. The third kappa shape index (κ3) is 4.08. The Hall–Kier alpha value is -2.30. The van der Waals surface area contributed by atoms with Crippen LogP contribution in [-0.2, 0) is 24.3 Å². The normalized spacial score (nSPS) is 10.4. The first-order chi connectivity index (χ1) is 10.1. The van der Waals surface area contributed by atoms with E-state index in [4.69, 9.17) is 0 Å². The molecule has 0 aliphatic rings. The summed E-state index contributed by atoms with van der Waals surface area (Å²) < 4.78 is 2.11. The lowest BCUT2D eigenvalue weighted by molar-refractivity contribution is -0.127. The van der Waals surface area contributed by atoms with E-state index in [0.29, 0.717) is 6.42 Å². The van der Waals surface area contributed by atoms with Gasteiger partial charge in [0, 0.05) is 32.5 Å². The Balaban J connectivity index is 1.92. The van der Waals surface area contributed by atoms with Crippen LogP contribution in [0.1, 0.15) is 18.2 Å². The Bertz CT molecular complexity index is 587. The number of nitrogens with one attached hydrogen (secondary N) is 1. The van der Waals surface area contributed by atoms with Gasteiger partial charge in [-0.1, -0.05) is 12.1 Å². The fraction of sp³-hybridized carbons (Fsp3) is 0.375. The Labute approximate surface area is 125 Å². The molecule has 0 saturated carbocycles. The van der Waals surface area contributed by atoms with E-state index in [2.05, 4.69) is 21.8 Å². The number of anilines is 1. The molecular weight excluding hydrogens is 264 g/mol. The predicted molar refractivity (Wildman–Crippen MR) is 84.1 cm³/mol. The van der Waals surface area contributed by atoms with Gasteiger partial charge in [-0.3, -0.25) is 4.79 Å². The molecule has 112 valence electrons. The topological polar surface area (TPSA) is 50.2 Å². The summed E-state index contributed by atoms with van der Waals surface area (Å²) in [5.74, 6) is 0.113. The number of carbonyl (C=O) groups is 1. The quantitative estimate of drug-likeness (QED) is 0.885. The van der Waals surface area contributed by atoms with Gasteiger partial charge in [-0.25, -0.2) is 4.98 Å². The summed E-state index contributed by atoms with van der Waals surface area (Å²) in [5, 5.41) is 3.37. The minimum atomic E-state index is 0.113. The largest absolute Gasteiger partial charge is 0.379 e. The van der Waals surface area contributed by atoms with Crippen molar-refractivity contribution in [3.63, 3.8) is 0 Å². The molecule has 1 aromatic heterocycles. The maximum atomic E-state index is 11.6. The molecule has 0 atom stereocenters. The molecule has 2 rings (SSSR count). The molecule has 0 aliphatic carbocycles. The lowest BCUT2D eigenvalue weighted by atomic mass is 10.1. The van der Waals surface area contributed by atoms with Crippen molar-refractivity contribution in [2.24, 2.45) is 0 Å².